The average Bonchev–Trinajstić information content (AvgIpc) is 2.38. The van der Waals surface area contributed by atoms with Crippen LogP contribution in [0.4, 0.5) is 0 Å². The summed E-state index contributed by atoms with van der Waals surface area (Å²) in [5.74, 6) is 2.40. The first kappa shape index (κ1) is 18.5. The number of hydrogen-bond acceptors (Lipinski definition) is 2. The summed E-state index contributed by atoms with van der Waals surface area (Å²) < 4.78 is 0. The Labute approximate surface area is 138 Å². The molecule has 0 aliphatic carbocycles. The van der Waals surface area contributed by atoms with Crippen LogP contribution in [-0.2, 0) is 4.79 Å². The van der Waals surface area contributed by atoms with Gasteiger partial charge in [0.05, 0.1) is 6.54 Å². The number of rotatable bonds is 5. The predicted molar refractivity (Wildman–Crippen MR) is 95.7 cm³/mol. The number of carbonyl (C=O) groups is 1. The van der Waals surface area contributed by atoms with Crippen molar-refractivity contribution in [1.29, 1.82) is 0 Å². The number of aliphatic carboxylic acids is 1. The van der Waals surface area contributed by atoms with Gasteiger partial charge in [-0.3, -0.25) is 9.69 Å². The lowest BCUT2D eigenvalue weighted by Gasteiger charge is -2.12. The van der Waals surface area contributed by atoms with Gasteiger partial charge in [0.1, 0.15) is 8.07 Å². The quantitative estimate of drug-likeness (QED) is 0.660. The van der Waals surface area contributed by atoms with Crippen LogP contribution in [0, 0.1) is 11.5 Å². The molecule has 0 aliphatic heterocycles. The van der Waals surface area contributed by atoms with Gasteiger partial charge in [-0.05, 0) is 13.1 Å². The van der Waals surface area contributed by atoms with Crippen LogP contribution >= 0.6 is 11.6 Å². The van der Waals surface area contributed by atoms with E-state index in [1.807, 2.05) is 30.3 Å². The van der Waals surface area contributed by atoms with Gasteiger partial charge in [-0.2, -0.15) is 0 Å². The fourth-order valence-electron chi connectivity index (χ4n) is 1.71. The minimum atomic E-state index is -1.51. The molecule has 0 fully saturated rings. The van der Waals surface area contributed by atoms with Crippen LogP contribution < -0.4 is 0 Å². The molecular weight excluding hydrogens is 314 g/mol. The maximum Gasteiger partial charge on any atom is 0.317 e. The molecule has 0 saturated carbocycles. The molecule has 0 aliphatic rings. The average molecular weight is 336 g/mol. The zero-order valence-electron chi connectivity index (χ0n) is 13.5. The third-order valence-corrected chi connectivity index (χ3v) is 3.95. The largest absolute Gasteiger partial charge is 0.480 e. The first-order chi connectivity index (χ1) is 10.2. The number of nitrogens with zero attached hydrogens (tertiary/aromatic N) is 1. The molecular formula is C17H22ClNO2Si. The van der Waals surface area contributed by atoms with Crippen molar-refractivity contribution < 1.29 is 9.90 Å². The zero-order valence-corrected chi connectivity index (χ0v) is 15.2. The number of hydrogen-bond donors (Lipinski definition) is 1. The molecule has 118 valence electrons. The predicted octanol–water partition coefficient (Wildman–Crippen LogP) is 3.62. The third kappa shape index (κ3) is 6.95. The van der Waals surface area contributed by atoms with Crippen LogP contribution in [-0.4, -0.2) is 44.2 Å². The van der Waals surface area contributed by atoms with Gasteiger partial charge in [-0.1, -0.05) is 61.4 Å². The number of allylic oxidation sites excluding steroid dienone is 1. The second kappa shape index (κ2) is 8.18. The summed E-state index contributed by atoms with van der Waals surface area (Å²) in [4.78, 5) is 12.4. The van der Waals surface area contributed by atoms with E-state index in [0.717, 1.165) is 11.1 Å². The van der Waals surface area contributed by atoms with Crippen molar-refractivity contribution >= 4 is 31.2 Å². The van der Waals surface area contributed by atoms with Crippen LogP contribution in [0.3, 0.4) is 0 Å². The van der Waals surface area contributed by atoms with Crippen molar-refractivity contribution in [2.45, 2.75) is 19.6 Å². The number of likely N-dealkylation sites (N-methyl/N-ethyl adjacent to an activating group) is 1. The summed E-state index contributed by atoms with van der Waals surface area (Å²) >= 11 is 6.26. The van der Waals surface area contributed by atoms with E-state index in [2.05, 4.69) is 31.1 Å². The van der Waals surface area contributed by atoms with Crippen molar-refractivity contribution in [1.82, 2.24) is 4.90 Å². The Balaban J connectivity index is 3.09. The number of halogens is 1. The van der Waals surface area contributed by atoms with Gasteiger partial charge in [0.15, 0.2) is 0 Å². The van der Waals surface area contributed by atoms with Crippen LogP contribution in [0.1, 0.15) is 5.56 Å². The van der Waals surface area contributed by atoms with E-state index in [-0.39, 0.29) is 6.54 Å². The van der Waals surface area contributed by atoms with Crippen molar-refractivity contribution in [2.75, 3.05) is 20.1 Å². The van der Waals surface area contributed by atoms with E-state index in [0.29, 0.717) is 11.6 Å². The normalized spacial score (nSPS) is 12.0. The molecule has 0 aromatic heterocycles. The molecule has 0 atom stereocenters. The molecule has 0 saturated heterocycles. The van der Waals surface area contributed by atoms with Crippen LogP contribution in [0.5, 0.6) is 0 Å². The summed E-state index contributed by atoms with van der Waals surface area (Å²) in [6, 6.07) is 7.57. The molecule has 22 heavy (non-hydrogen) atoms. The highest BCUT2D eigenvalue weighted by Gasteiger charge is 2.10. The Bertz CT molecular complexity index is 624. The molecule has 1 aromatic rings. The zero-order chi connectivity index (χ0) is 16.8. The van der Waals surface area contributed by atoms with Gasteiger partial charge >= 0.3 is 5.97 Å². The standard InChI is InChI=1S/C17H22ClNO2Si/c1-19(13-17(20)21)11-9-14(10-12-22(2,3)4)15-7-5-6-8-16(15)18/h5-9H,11,13H2,1-4H3,(H,20,21)/b14-9-. The Morgan fingerprint density at radius 1 is 1.36 bits per heavy atom. The minimum absolute atomic E-state index is 0.00620. The molecule has 0 bridgehead atoms. The molecule has 1 rings (SSSR count). The van der Waals surface area contributed by atoms with Gasteiger partial charge in [0, 0.05) is 22.7 Å². The molecule has 1 aromatic carbocycles. The molecule has 0 amide bonds. The van der Waals surface area contributed by atoms with E-state index in [9.17, 15) is 4.79 Å². The molecule has 3 nitrogen and oxygen atoms in total. The second-order valence-electron chi connectivity index (χ2n) is 6.19. The highest BCUT2D eigenvalue weighted by atomic mass is 35.5. The third-order valence-electron chi connectivity index (χ3n) is 2.75. The molecule has 5 heteroatoms. The molecule has 0 heterocycles. The fourth-order valence-corrected chi connectivity index (χ4v) is 2.45. The fraction of sp³-hybridized carbons (Fsp3) is 0.353. The van der Waals surface area contributed by atoms with Crippen molar-refractivity contribution in [3.05, 3.63) is 40.9 Å². The van der Waals surface area contributed by atoms with Gasteiger partial charge in [0.2, 0.25) is 0 Å². The summed E-state index contributed by atoms with van der Waals surface area (Å²) in [6.07, 6.45) is 1.94. The van der Waals surface area contributed by atoms with Gasteiger partial charge in [-0.15, -0.1) is 5.54 Å². The topological polar surface area (TPSA) is 40.5 Å². The summed E-state index contributed by atoms with van der Waals surface area (Å²) in [7, 11) is 0.259. The second-order valence-corrected chi connectivity index (χ2v) is 11.3. The van der Waals surface area contributed by atoms with Crippen molar-refractivity contribution in [3.8, 4) is 11.5 Å². The first-order valence-corrected chi connectivity index (χ1v) is 11.0. The highest BCUT2D eigenvalue weighted by Crippen LogP contribution is 2.23. The summed E-state index contributed by atoms with van der Waals surface area (Å²) in [5, 5.41) is 9.47. The van der Waals surface area contributed by atoms with Crippen LogP contribution in [0.15, 0.2) is 30.3 Å². The number of carboxylic acid groups (broad SMARTS) is 1. The Morgan fingerprint density at radius 3 is 2.55 bits per heavy atom. The molecule has 0 spiro atoms. The monoisotopic (exact) mass is 335 g/mol. The smallest absolute Gasteiger partial charge is 0.317 e. The lowest BCUT2D eigenvalue weighted by molar-refractivity contribution is -0.137. The lowest BCUT2D eigenvalue weighted by Crippen LogP contribution is -2.25. The van der Waals surface area contributed by atoms with Gasteiger partial charge in [0.25, 0.3) is 0 Å². The lowest BCUT2D eigenvalue weighted by atomic mass is 10.1. The van der Waals surface area contributed by atoms with Crippen molar-refractivity contribution in [2.24, 2.45) is 0 Å². The highest BCUT2D eigenvalue weighted by molar-refractivity contribution is 6.84. The Kier molecular flexibility index (Phi) is 6.88. The summed E-state index contributed by atoms with van der Waals surface area (Å²) in [5.41, 5.74) is 5.08. The maximum absolute atomic E-state index is 10.7. The van der Waals surface area contributed by atoms with E-state index in [4.69, 9.17) is 16.7 Å². The SMILES string of the molecule is CN(C/C=C(/C#C[Si](C)(C)C)c1ccccc1Cl)CC(=O)O. The maximum atomic E-state index is 10.7. The van der Waals surface area contributed by atoms with Crippen LogP contribution in [0.2, 0.25) is 24.7 Å². The Morgan fingerprint density at radius 2 is 2.00 bits per heavy atom. The first-order valence-electron chi connectivity index (χ1n) is 7.07. The minimum Gasteiger partial charge on any atom is -0.480 e. The number of carboxylic acids is 1. The van der Waals surface area contributed by atoms with Crippen molar-refractivity contribution in [3.63, 3.8) is 0 Å². The van der Waals surface area contributed by atoms with E-state index >= 15 is 0 Å². The van der Waals surface area contributed by atoms with Crippen LogP contribution in [0.25, 0.3) is 5.57 Å². The molecule has 0 radical (unpaired) electrons. The van der Waals surface area contributed by atoms with E-state index in [1.165, 1.54) is 0 Å². The molecule has 1 N–H and O–H groups in total. The molecule has 0 unspecified atom stereocenters. The van der Waals surface area contributed by atoms with Gasteiger partial charge < -0.3 is 5.11 Å². The summed E-state index contributed by atoms with van der Waals surface area (Å²) in [6.45, 7) is 7.04. The van der Waals surface area contributed by atoms with E-state index in [1.54, 1.807) is 11.9 Å². The van der Waals surface area contributed by atoms with E-state index < -0.39 is 14.0 Å². The van der Waals surface area contributed by atoms with Gasteiger partial charge in [-0.25, -0.2) is 0 Å². The Hall–Kier alpha value is -1.54. The number of benzene rings is 1.